The second-order valence-corrected chi connectivity index (χ2v) is 6.70. The minimum absolute atomic E-state index is 0.0106. The molecule has 0 bridgehead atoms. The molecule has 0 saturated carbocycles. The minimum atomic E-state index is -0.493. The smallest absolute Gasteiger partial charge is 0.231 e. The summed E-state index contributed by atoms with van der Waals surface area (Å²) in [6, 6.07) is 14.1. The highest BCUT2D eigenvalue weighted by Crippen LogP contribution is 2.26. The van der Waals surface area contributed by atoms with Crippen LogP contribution in [0.3, 0.4) is 0 Å². The first kappa shape index (κ1) is 17.3. The van der Waals surface area contributed by atoms with Gasteiger partial charge < -0.3 is 15.6 Å². The van der Waals surface area contributed by atoms with Crippen molar-refractivity contribution in [2.45, 2.75) is 0 Å². The van der Waals surface area contributed by atoms with Crippen LogP contribution >= 0.6 is 11.6 Å². The van der Waals surface area contributed by atoms with Crippen molar-refractivity contribution in [1.82, 2.24) is 24.9 Å². The van der Waals surface area contributed by atoms with Crippen LogP contribution in [-0.2, 0) is 0 Å². The van der Waals surface area contributed by atoms with Gasteiger partial charge in [-0.1, -0.05) is 29.8 Å². The summed E-state index contributed by atoms with van der Waals surface area (Å²) in [5, 5.41) is 7.30. The summed E-state index contributed by atoms with van der Waals surface area (Å²) in [5.41, 5.74) is 3.37. The van der Waals surface area contributed by atoms with Crippen molar-refractivity contribution in [3.05, 3.63) is 71.9 Å². The Balaban J connectivity index is 1.52. The zero-order valence-corrected chi connectivity index (χ0v) is 15.6. The van der Waals surface area contributed by atoms with Crippen molar-refractivity contribution in [2.24, 2.45) is 0 Å². The zero-order chi connectivity index (χ0) is 19.8. The molecule has 0 amide bonds. The van der Waals surface area contributed by atoms with Crippen molar-refractivity contribution < 1.29 is 4.39 Å². The van der Waals surface area contributed by atoms with Gasteiger partial charge in [-0.3, -0.25) is 4.98 Å². The van der Waals surface area contributed by atoms with Gasteiger partial charge in [0.1, 0.15) is 11.3 Å². The van der Waals surface area contributed by atoms with Crippen LogP contribution in [0.25, 0.3) is 22.1 Å². The second-order valence-electron chi connectivity index (χ2n) is 6.29. The molecule has 0 aliphatic carbocycles. The fraction of sp³-hybridized carbons (Fsp3) is 0. The number of para-hydroxylation sites is 1. The predicted octanol–water partition coefficient (Wildman–Crippen LogP) is 5.18. The molecule has 142 valence electrons. The van der Waals surface area contributed by atoms with E-state index in [1.807, 2.05) is 30.3 Å². The first-order valence-electron chi connectivity index (χ1n) is 8.71. The van der Waals surface area contributed by atoms with Crippen molar-refractivity contribution in [3.8, 4) is 0 Å². The van der Waals surface area contributed by atoms with Gasteiger partial charge in [0.2, 0.25) is 5.95 Å². The Kier molecular flexibility index (Phi) is 4.18. The van der Waals surface area contributed by atoms with Crippen molar-refractivity contribution in [1.29, 1.82) is 0 Å². The molecule has 0 aliphatic rings. The number of rotatable bonds is 4. The molecule has 7 nitrogen and oxygen atoms in total. The van der Waals surface area contributed by atoms with E-state index in [9.17, 15) is 4.39 Å². The molecule has 9 heteroatoms. The summed E-state index contributed by atoms with van der Waals surface area (Å²) in [7, 11) is 0. The lowest BCUT2D eigenvalue weighted by molar-refractivity contribution is 0.628. The van der Waals surface area contributed by atoms with Gasteiger partial charge in [0.05, 0.1) is 28.8 Å². The predicted molar refractivity (Wildman–Crippen MR) is 111 cm³/mol. The van der Waals surface area contributed by atoms with Gasteiger partial charge in [0.15, 0.2) is 11.5 Å². The van der Waals surface area contributed by atoms with Crippen LogP contribution in [0.2, 0.25) is 5.02 Å². The van der Waals surface area contributed by atoms with E-state index >= 15 is 0 Å². The molecule has 5 aromatic rings. The number of pyridine rings is 1. The van der Waals surface area contributed by atoms with E-state index in [1.54, 1.807) is 18.6 Å². The Labute approximate surface area is 169 Å². The van der Waals surface area contributed by atoms with E-state index in [4.69, 9.17) is 11.6 Å². The molecule has 0 atom stereocenters. The molecule has 3 heterocycles. The van der Waals surface area contributed by atoms with Gasteiger partial charge in [-0.2, -0.15) is 9.97 Å². The van der Waals surface area contributed by atoms with Crippen molar-refractivity contribution in [3.63, 3.8) is 0 Å². The number of nitrogens with zero attached hydrogens (tertiary/aromatic N) is 4. The maximum Gasteiger partial charge on any atom is 0.231 e. The van der Waals surface area contributed by atoms with Crippen LogP contribution in [0.4, 0.5) is 27.5 Å². The maximum atomic E-state index is 13.4. The molecule has 3 aromatic heterocycles. The summed E-state index contributed by atoms with van der Waals surface area (Å²) in [6.45, 7) is 0. The molecule has 29 heavy (non-hydrogen) atoms. The summed E-state index contributed by atoms with van der Waals surface area (Å²) in [6.07, 6.45) is 3.28. The lowest BCUT2D eigenvalue weighted by Crippen LogP contribution is -2.02. The lowest BCUT2D eigenvalue weighted by Gasteiger charge is -2.10. The monoisotopic (exact) mass is 405 g/mol. The number of imidazole rings is 1. The standard InChI is InChI=1S/C20H13ClFN7/c21-14-8-12(5-6-15(14)22)27-20-28-18-17(24-10-25-18)19(29-20)26-13-7-11-3-1-2-4-16(11)23-9-13/h1-10H,(H3,24,25,26,27,28,29). The quantitative estimate of drug-likeness (QED) is 0.381. The van der Waals surface area contributed by atoms with Gasteiger partial charge in [-0.25, -0.2) is 9.37 Å². The summed E-state index contributed by atoms with van der Waals surface area (Å²) in [4.78, 5) is 20.6. The van der Waals surface area contributed by atoms with Gasteiger partial charge in [-0.05, 0) is 30.3 Å². The highest BCUT2D eigenvalue weighted by molar-refractivity contribution is 6.31. The van der Waals surface area contributed by atoms with E-state index < -0.39 is 5.82 Å². The third-order valence-corrected chi connectivity index (χ3v) is 4.60. The van der Waals surface area contributed by atoms with Gasteiger partial charge in [0.25, 0.3) is 0 Å². The number of halogens is 2. The number of hydrogen-bond acceptors (Lipinski definition) is 6. The Morgan fingerprint density at radius 2 is 1.83 bits per heavy atom. The normalized spacial score (nSPS) is 11.1. The Hall–Kier alpha value is -3.78. The maximum absolute atomic E-state index is 13.4. The highest BCUT2D eigenvalue weighted by atomic mass is 35.5. The Morgan fingerprint density at radius 3 is 2.72 bits per heavy atom. The van der Waals surface area contributed by atoms with Crippen molar-refractivity contribution in [2.75, 3.05) is 10.6 Å². The Morgan fingerprint density at radius 1 is 0.931 bits per heavy atom. The van der Waals surface area contributed by atoms with Crippen molar-refractivity contribution >= 4 is 56.8 Å². The fourth-order valence-corrected chi connectivity index (χ4v) is 3.14. The number of benzene rings is 2. The van der Waals surface area contributed by atoms with Gasteiger partial charge in [0, 0.05) is 11.1 Å². The fourth-order valence-electron chi connectivity index (χ4n) is 2.96. The van der Waals surface area contributed by atoms with Gasteiger partial charge >= 0.3 is 0 Å². The van der Waals surface area contributed by atoms with Crippen LogP contribution < -0.4 is 10.6 Å². The molecule has 0 spiro atoms. The molecule has 5 rings (SSSR count). The molecule has 2 aromatic carbocycles. The number of fused-ring (bicyclic) bond motifs is 2. The van der Waals surface area contributed by atoms with Crippen LogP contribution in [0.1, 0.15) is 0 Å². The number of aromatic amines is 1. The largest absolute Gasteiger partial charge is 0.340 e. The number of H-pyrrole nitrogens is 1. The summed E-state index contributed by atoms with van der Waals surface area (Å²) in [5.74, 6) is 0.330. The average molecular weight is 406 g/mol. The number of aromatic nitrogens is 5. The third-order valence-electron chi connectivity index (χ3n) is 4.31. The summed E-state index contributed by atoms with van der Waals surface area (Å²) < 4.78 is 13.4. The molecule has 0 saturated heterocycles. The van der Waals surface area contributed by atoms with E-state index in [2.05, 4.69) is 35.6 Å². The molecular formula is C20H13ClFN7. The third kappa shape index (κ3) is 3.41. The van der Waals surface area contributed by atoms with E-state index in [-0.39, 0.29) is 5.02 Å². The molecule has 0 radical (unpaired) electrons. The topological polar surface area (TPSA) is 91.4 Å². The number of hydrogen-bond donors (Lipinski definition) is 3. The van der Waals surface area contributed by atoms with E-state index in [0.29, 0.717) is 28.6 Å². The minimum Gasteiger partial charge on any atom is -0.340 e. The molecule has 0 aliphatic heterocycles. The highest BCUT2D eigenvalue weighted by Gasteiger charge is 2.12. The first-order chi connectivity index (χ1) is 14.2. The van der Waals surface area contributed by atoms with Crippen LogP contribution in [0.5, 0.6) is 0 Å². The van der Waals surface area contributed by atoms with Crippen LogP contribution in [0, 0.1) is 5.82 Å². The lowest BCUT2D eigenvalue weighted by atomic mass is 10.2. The molecule has 3 N–H and O–H groups in total. The molecule has 0 fully saturated rings. The van der Waals surface area contributed by atoms with Crippen LogP contribution in [-0.4, -0.2) is 24.9 Å². The number of nitrogens with one attached hydrogen (secondary N) is 3. The first-order valence-corrected chi connectivity index (χ1v) is 9.08. The van der Waals surface area contributed by atoms with E-state index in [0.717, 1.165) is 16.6 Å². The SMILES string of the molecule is Fc1ccc(Nc2nc(Nc3cnc4ccccc4c3)c3[nH]cnc3n2)cc1Cl. The molecule has 0 unspecified atom stereocenters. The second kappa shape index (κ2) is 6.99. The Bertz CT molecular complexity index is 1350. The zero-order valence-electron chi connectivity index (χ0n) is 14.8. The number of anilines is 4. The van der Waals surface area contributed by atoms with Crippen LogP contribution in [0.15, 0.2) is 61.1 Å². The van der Waals surface area contributed by atoms with Gasteiger partial charge in [-0.15, -0.1) is 0 Å². The molecular weight excluding hydrogens is 393 g/mol. The average Bonchev–Trinajstić information content (AvgIpc) is 3.20. The summed E-state index contributed by atoms with van der Waals surface area (Å²) >= 11 is 5.85. The van der Waals surface area contributed by atoms with E-state index in [1.165, 1.54) is 12.1 Å².